The van der Waals surface area contributed by atoms with E-state index in [1.807, 2.05) is 6.92 Å². The van der Waals surface area contributed by atoms with E-state index < -0.39 is 5.54 Å². The van der Waals surface area contributed by atoms with E-state index in [0.29, 0.717) is 0 Å². The van der Waals surface area contributed by atoms with Gasteiger partial charge in [0.25, 0.3) is 0 Å². The first kappa shape index (κ1) is 12.6. The number of nitrogens with one attached hydrogen (secondary N) is 1. The summed E-state index contributed by atoms with van der Waals surface area (Å²) in [6, 6.07) is 4.21. The number of carbonyl (C=O) groups is 1. The molecule has 1 atom stereocenters. The second-order valence-electron chi connectivity index (χ2n) is 5.01. The van der Waals surface area contributed by atoms with E-state index in [4.69, 9.17) is 5.73 Å². The number of carbonyl (C=O) groups excluding carboxylic acids is 1. The summed E-state index contributed by atoms with van der Waals surface area (Å²) in [5.41, 5.74) is 5.50. The Kier molecular flexibility index (Phi) is 3.54. The number of aryl methyl sites for hydroxylation is 1. The molecule has 17 heavy (non-hydrogen) atoms. The zero-order valence-electron chi connectivity index (χ0n) is 10.5. The van der Waals surface area contributed by atoms with Crippen molar-refractivity contribution < 1.29 is 4.79 Å². The first-order valence-corrected chi connectivity index (χ1v) is 6.99. The molecule has 1 heterocycles. The van der Waals surface area contributed by atoms with Gasteiger partial charge in [-0.05, 0) is 38.8 Å². The molecule has 0 saturated heterocycles. The predicted octanol–water partition coefficient (Wildman–Crippen LogP) is 2.51. The van der Waals surface area contributed by atoms with Crippen molar-refractivity contribution in [3.63, 3.8) is 0 Å². The standard InChI is InChI=1S/C13H20N2OS/c1-9-5-6-11(17-9)10(2)15-12(16)13(14)7-3-4-8-13/h5-6,10H,3-4,7-8,14H2,1-2H3,(H,15,16). The normalized spacial score (nSPS) is 20.2. The summed E-state index contributed by atoms with van der Waals surface area (Å²) >= 11 is 1.72. The summed E-state index contributed by atoms with van der Waals surface area (Å²) < 4.78 is 0. The van der Waals surface area contributed by atoms with Gasteiger partial charge in [-0.2, -0.15) is 0 Å². The van der Waals surface area contributed by atoms with Crippen molar-refractivity contribution >= 4 is 17.2 Å². The van der Waals surface area contributed by atoms with E-state index in [9.17, 15) is 4.79 Å². The minimum absolute atomic E-state index is 0.00792. The lowest BCUT2D eigenvalue weighted by molar-refractivity contribution is -0.126. The summed E-state index contributed by atoms with van der Waals surface area (Å²) in [5, 5.41) is 3.04. The van der Waals surface area contributed by atoms with Crippen molar-refractivity contribution in [3.05, 3.63) is 21.9 Å². The Morgan fingerprint density at radius 1 is 1.47 bits per heavy atom. The predicted molar refractivity (Wildman–Crippen MR) is 71.0 cm³/mol. The maximum Gasteiger partial charge on any atom is 0.240 e. The summed E-state index contributed by atoms with van der Waals surface area (Å²) in [6.07, 6.45) is 3.76. The van der Waals surface area contributed by atoms with E-state index in [0.717, 1.165) is 25.7 Å². The van der Waals surface area contributed by atoms with Gasteiger partial charge in [0.05, 0.1) is 11.6 Å². The Labute approximate surface area is 106 Å². The van der Waals surface area contributed by atoms with Crippen molar-refractivity contribution in [3.8, 4) is 0 Å². The van der Waals surface area contributed by atoms with Crippen molar-refractivity contribution in [1.29, 1.82) is 0 Å². The quantitative estimate of drug-likeness (QED) is 0.868. The molecule has 1 amide bonds. The molecule has 94 valence electrons. The van der Waals surface area contributed by atoms with Crippen molar-refractivity contribution in [2.75, 3.05) is 0 Å². The second kappa shape index (κ2) is 4.78. The molecular weight excluding hydrogens is 232 g/mol. The fourth-order valence-electron chi connectivity index (χ4n) is 2.33. The molecule has 4 heteroatoms. The Morgan fingerprint density at radius 2 is 2.12 bits per heavy atom. The number of rotatable bonds is 3. The van der Waals surface area contributed by atoms with Gasteiger partial charge in [0.15, 0.2) is 0 Å². The molecule has 0 bridgehead atoms. The van der Waals surface area contributed by atoms with Crippen molar-refractivity contribution in [2.45, 2.75) is 51.1 Å². The van der Waals surface area contributed by atoms with Gasteiger partial charge in [-0.15, -0.1) is 11.3 Å². The van der Waals surface area contributed by atoms with Gasteiger partial charge in [0.1, 0.15) is 0 Å². The summed E-state index contributed by atoms with van der Waals surface area (Å²) in [5.74, 6) is 0.00792. The summed E-state index contributed by atoms with van der Waals surface area (Å²) in [7, 11) is 0. The van der Waals surface area contributed by atoms with Gasteiger partial charge >= 0.3 is 0 Å². The molecule has 1 fully saturated rings. The highest BCUT2D eigenvalue weighted by atomic mass is 32.1. The summed E-state index contributed by atoms with van der Waals surface area (Å²) in [6.45, 7) is 4.09. The van der Waals surface area contributed by atoms with Crippen LogP contribution in [0.25, 0.3) is 0 Å². The number of thiophene rings is 1. The average Bonchev–Trinajstić information content (AvgIpc) is 2.88. The molecule has 1 saturated carbocycles. The lowest BCUT2D eigenvalue weighted by Crippen LogP contribution is -2.52. The van der Waals surface area contributed by atoms with Crippen LogP contribution in [0.3, 0.4) is 0 Å². The lowest BCUT2D eigenvalue weighted by atomic mass is 9.97. The minimum Gasteiger partial charge on any atom is -0.347 e. The number of hydrogen-bond donors (Lipinski definition) is 2. The van der Waals surface area contributed by atoms with Gasteiger partial charge < -0.3 is 11.1 Å². The first-order chi connectivity index (χ1) is 8.01. The lowest BCUT2D eigenvalue weighted by Gasteiger charge is -2.24. The third-order valence-corrected chi connectivity index (χ3v) is 4.67. The number of hydrogen-bond acceptors (Lipinski definition) is 3. The maximum atomic E-state index is 12.1. The van der Waals surface area contributed by atoms with E-state index in [1.165, 1.54) is 9.75 Å². The molecule has 3 nitrogen and oxygen atoms in total. The Bertz CT molecular complexity index is 407. The molecular formula is C13H20N2OS. The van der Waals surface area contributed by atoms with E-state index in [2.05, 4.69) is 24.4 Å². The minimum atomic E-state index is -0.624. The van der Waals surface area contributed by atoms with Crippen LogP contribution in [0.2, 0.25) is 0 Å². The van der Waals surface area contributed by atoms with Crippen LogP contribution < -0.4 is 11.1 Å². The topological polar surface area (TPSA) is 55.1 Å². The second-order valence-corrected chi connectivity index (χ2v) is 6.33. The smallest absolute Gasteiger partial charge is 0.240 e. The molecule has 1 aliphatic carbocycles. The van der Waals surface area contributed by atoms with Crippen LogP contribution >= 0.6 is 11.3 Å². The third kappa shape index (κ3) is 2.69. The van der Waals surface area contributed by atoms with E-state index >= 15 is 0 Å². The average molecular weight is 252 g/mol. The van der Waals surface area contributed by atoms with Crippen molar-refractivity contribution in [1.82, 2.24) is 5.32 Å². The van der Waals surface area contributed by atoms with Crippen LogP contribution in [0.4, 0.5) is 0 Å². The van der Waals surface area contributed by atoms with E-state index in [-0.39, 0.29) is 11.9 Å². The van der Waals surface area contributed by atoms with Gasteiger partial charge in [-0.3, -0.25) is 4.79 Å². The molecule has 1 unspecified atom stereocenters. The number of nitrogens with two attached hydrogens (primary N) is 1. The molecule has 0 aliphatic heterocycles. The van der Waals surface area contributed by atoms with Gasteiger partial charge in [-0.25, -0.2) is 0 Å². The third-order valence-electron chi connectivity index (χ3n) is 3.48. The van der Waals surface area contributed by atoms with Crippen LogP contribution in [0.15, 0.2) is 12.1 Å². The molecule has 1 aliphatic rings. The molecule has 1 aromatic rings. The van der Waals surface area contributed by atoms with Gasteiger partial charge in [-0.1, -0.05) is 12.8 Å². The molecule has 1 aromatic heterocycles. The summed E-state index contributed by atoms with van der Waals surface area (Å²) in [4.78, 5) is 14.6. The van der Waals surface area contributed by atoms with Crippen molar-refractivity contribution in [2.24, 2.45) is 5.73 Å². The highest BCUT2D eigenvalue weighted by molar-refractivity contribution is 7.12. The molecule has 0 aromatic carbocycles. The fraction of sp³-hybridized carbons (Fsp3) is 0.615. The van der Waals surface area contributed by atoms with Crippen LogP contribution in [0.1, 0.15) is 48.4 Å². The molecule has 0 radical (unpaired) electrons. The first-order valence-electron chi connectivity index (χ1n) is 6.17. The highest BCUT2D eigenvalue weighted by Crippen LogP contribution is 2.29. The van der Waals surface area contributed by atoms with E-state index in [1.54, 1.807) is 11.3 Å². The molecule has 0 spiro atoms. The Balaban J connectivity index is 1.99. The zero-order valence-corrected chi connectivity index (χ0v) is 11.3. The fourth-order valence-corrected chi connectivity index (χ4v) is 3.21. The zero-order chi connectivity index (χ0) is 12.5. The van der Waals surface area contributed by atoms with Gasteiger partial charge in [0.2, 0.25) is 5.91 Å². The Hall–Kier alpha value is -0.870. The maximum absolute atomic E-state index is 12.1. The van der Waals surface area contributed by atoms with Gasteiger partial charge in [0, 0.05) is 9.75 Å². The monoisotopic (exact) mass is 252 g/mol. The SMILES string of the molecule is Cc1ccc(C(C)NC(=O)C2(N)CCCC2)s1. The molecule has 2 rings (SSSR count). The highest BCUT2D eigenvalue weighted by Gasteiger charge is 2.37. The van der Waals surface area contributed by atoms with Crippen LogP contribution in [-0.4, -0.2) is 11.4 Å². The Morgan fingerprint density at radius 3 is 2.65 bits per heavy atom. The molecule has 3 N–H and O–H groups in total. The van der Waals surface area contributed by atoms with Crippen LogP contribution in [0, 0.1) is 6.92 Å². The number of amides is 1. The van der Waals surface area contributed by atoms with Crippen LogP contribution in [-0.2, 0) is 4.79 Å². The van der Waals surface area contributed by atoms with Crippen LogP contribution in [0.5, 0.6) is 0 Å². The largest absolute Gasteiger partial charge is 0.347 e.